The summed E-state index contributed by atoms with van der Waals surface area (Å²) in [5.41, 5.74) is 3.79. The number of rotatable bonds is 6. The topological polar surface area (TPSA) is 30.7 Å². The Morgan fingerprint density at radius 2 is 1.92 bits per heavy atom. The van der Waals surface area contributed by atoms with E-state index in [1.807, 2.05) is 0 Å². The Bertz CT molecular complexity index is 846. The molecule has 132 valence electrons. The maximum atomic E-state index is 4.51. The van der Waals surface area contributed by atoms with Gasteiger partial charge in [-0.25, -0.2) is 0 Å². The molecule has 0 amide bonds. The molecule has 0 aliphatic rings. The summed E-state index contributed by atoms with van der Waals surface area (Å²) in [6, 6.07) is 11.2. The smallest absolute Gasteiger partial charge is 0.192 e. The van der Waals surface area contributed by atoms with Crippen molar-refractivity contribution in [3.63, 3.8) is 0 Å². The summed E-state index contributed by atoms with van der Waals surface area (Å²) < 4.78 is 2.26. The molecule has 2 aromatic heterocycles. The van der Waals surface area contributed by atoms with Crippen LogP contribution in [0.5, 0.6) is 0 Å². The van der Waals surface area contributed by atoms with Crippen molar-refractivity contribution in [2.24, 2.45) is 0 Å². The second kappa shape index (κ2) is 7.75. The molecular formula is C20H25N3S2. The van der Waals surface area contributed by atoms with Crippen molar-refractivity contribution in [1.82, 2.24) is 14.8 Å². The van der Waals surface area contributed by atoms with Crippen LogP contribution in [0.15, 0.2) is 40.9 Å². The number of hydrogen-bond acceptors (Lipinski definition) is 4. The average molecular weight is 372 g/mol. The first-order valence-corrected chi connectivity index (χ1v) is 10.5. The number of aryl methyl sites for hydroxylation is 1. The highest BCUT2D eigenvalue weighted by Crippen LogP contribution is 2.33. The molecule has 0 fully saturated rings. The minimum absolute atomic E-state index is 0.326. The van der Waals surface area contributed by atoms with Gasteiger partial charge in [0, 0.05) is 27.6 Å². The van der Waals surface area contributed by atoms with Gasteiger partial charge in [0.05, 0.1) is 0 Å². The average Bonchev–Trinajstić information content (AvgIpc) is 3.19. The molecular weight excluding hydrogens is 346 g/mol. The van der Waals surface area contributed by atoms with E-state index in [0.29, 0.717) is 12.0 Å². The third-order valence-electron chi connectivity index (χ3n) is 4.08. The van der Waals surface area contributed by atoms with Gasteiger partial charge in [0.25, 0.3) is 0 Å². The van der Waals surface area contributed by atoms with Crippen molar-refractivity contribution in [3.8, 4) is 11.4 Å². The van der Waals surface area contributed by atoms with Crippen molar-refractivity contribution in [2.75, 3.05) is 0 Å². The summed E-state index contributed by atoms with van der Waals surface area (Å²) in [5.74, 6) is 2.43. The molecule has 0 radical (unpaired) electrons. The highest BCUT2D eigenvalue weighted by molar-refractivity contribution is 7.98. The van der Waals surface area contributed by atoms with Gasteiger partial charge in [0.2, 0.25) is 0 Å². The number of hydrogen-bond donors (Lipinski definition) is 0. The zero-order valence-electron chi connectivity index (χ0n) is 15.5. The fourth-order valence-corrected chi connectivity index (χ4v) is 4.67. The largest absolute Gasteiger partial charge is 0.299 e. The van der Waals surface area contributed by atoms with Gasteiger partial charge in [-0.1, -0.05) is 55.4 Å². The first-order chi connectivity index (χ1) is 12.0. The van der Waals surface area contributed by atoms with Gasteiger partial charge >= 0.3 is 0 Å². The number of nitrogens with zero attached hydrogens (tertiary/aromatic N) is 3. The van der Waals surface area contributed by atoms with Crippen LogP contribution in [0.1, 0.15) is 55.7 Å². The Hall–Kier alpha value is -1.59. The lowest BCUT2D eigenvalue weighted by molar-refractivity contribution is 0.555. The Labute approximate surface area is 158 Å². The zero-order chi connectivity index (χ0) is 18.0. The van der Waals surface area contributed by atoms with Crippen LogP contribution in [-0.4, -0.2) is 14.8 Å². The van der Waals surface area contributed by atoms with Gasteiger partial charge < -0.3 is 0 Å². The van der Waals surface area contributed by atoms with E-state index < -0.39 is 0 Å². The first-order valence-electron chi connectivity index (χ1n) is 8.67. The minimum Gasteiger partial charge on any atom is -0.299 e. The molecule has 0 aliphatic heterocycles. The molecule has 2 heterocycles. The number of aromatic nitrogens is 3. The molecule has 1 aromatic carbocycles. The Balaban J connectivity index is 1.86. The van der Waals surface area contributed by atoms with E-state index in [1.165, 1.54) is 21.6 Å². The summed E-state index contributed by atoms with van der Waals surface area (Å²) in [6.07, 6.45) is 0. The number of thiophene rings is 1. The second-order valence-electron chi connectivity index (χ2n) is 6.94. The normalized spacial score (nSPS) is 11.6. The molecule has 0 unspecified atom stereocenters. The lowest BCUT2D eigenvalue weighted by Crippen LogP contribution is -2.04. The van der Waals surface area contributed by atoms with Crippen LogP contribution in [0.2, 0.25) is 0 Å². The third kappa shape index (κ3) is 4.15. The van der Waals surface area contributed by atoms with E-state index in [2.05, 4.69) is 85.1 Å². The predicted molar refractivity (Wildman–Crippen MR) is 109 cm³/mol. The summed E-state index contributed by atoms with van der Waals surface area (Å²) in [7, 11) is 0. The molecule has 25 heavy (non-hydrogen) atoms. The van der Waals surface area contributed by atoms with E-state index in [9.17, 15) is 0 Å². The fraction of sp³-hybridized carbons (Fsp3) is 0.400. The van der Waals surface area contributed by atoms with Crippen LogP contribution in [0.3, 0.4) is 0 Å². The van der Waals surface area contributed by atoms with E-state index in [1.54, 1.807) is 23.1 Å². The predicted octanol–water partition coefficient (Wildman–Crippen LogP) is 6.31. The molecule has 0 aliphatic carbocycles. The highest BCUT2D eigenvalue weighted by atomic mass is 32.2. The fourth-order valence-electron chi connectivity index (χ4n) is 2.76. The summed E-state index contributed by atoms with van der Waals surface area (Å²) >= 11 is 3.56. The standard InChI is InChI=1S/C20H25N3S2/c1-13(2)18-10-17(12-24-18)19-21-22-20(23(19)14(3)4)25-11-16-8-6-7-15(5)9-16/h6-10,12-14H,11H2,1-5H3. The molecule has 0 saturated carbocycles. The lowest BCUT2D eigenvalue weighted by Gasteiger charge is -2.13. The van der Waals surface area contributed by atoms with Gasteiger partial charge in [-0.3, -0.25) is 4.57 Å². The first kappa shape index (κ1) is 18.2. The Kier molecular flexibility index (Phi) is 5.64. The van der Waals surface area contributed by atoms with Crippen molar-refractivity contribution < 1.29 is 0 Å². The van der Waals surface area contributed by atoms with E-state index in [4.69, 9.17) is 0 Å². The van der Waals surface area contributed by atoms with Crippen molar-refractivity contribution >= 4 is 23.1 Å². The molecule has 3 nitrogen and oxygen atoms in total. The van der Waals surface area contributed by atoms with Gasteiger partial charge in [-0.05, 0) is 38.3 Å². The molecule has 0 N–H and O–H groups in total. The lowest BCUT2D eigenvalue weighted by atomic mass is 10.1. The van der Waals surface area contributed by atoms with Gasteiger partial charge in [-0.15, -0.1) is 21.5 Å². The molecule has 0 bridgehead atoms. The van der Waals surface area contributed by atoms with Crippen LogP contribution in [0.4, 0.5) is 0 Å². The minimum atomic E-state index is 0.326. The maximum Gasteiger partial charge on any atom is 0.192 e. The molecule has 0 atom stereocenters. The highest BCUT2D eigenvalue weighted by Gasteiger charge is 2.18. The summed E-state index contributed by atoms with van der Waals surface area (Å²) in [5, 5.41) is 12.2. The Morgan fingerprint density at radius 1 is 1.12 bits per heavy atom. The second-order valence-corrected chi connectivity index (χ2v) is 8.83. The van der Waals surface area contributed by atoms with Gasteiger partial charge in [-0.2, -0.15) is 0 Å². The zero-order valence-corrected chi connectivity index (χ0v) is 17.1. The van der Waals surface area contributed by atoms with Crippen molar-refractivity contribution in [1.29, 1.82) is 0 Å². The Morgan fingerprint density at radius 3 is 2.56 bits per heavy atom. The van der Waals surface area contributed by atoms with Crippen LogP contribution < -0.4 is 0 Å². The van der Waals surface area contributed by atoms with Gasteiger partial charge in [0.15, 0.2) is 11.0 Å². The molecule has 0 spiro atoms. The van der Waals surface area contributed by atoms with Crippen LogP contribution in [0, 0.1) is 6.92 Å². The monoisotopic (exact) mass is 371 g/mol. The van der Waals surface area contributed by atoms with Crippen LogP contribution in [0.25, 0.3) is 11.4 Å². The molecule has 0 saturated heterocycles. The number of thioether (sulfide) groups is 1. The summed E-state index contributed by atoms with van der Waals surface area (Å²) in [4.78, 5) is 1.39. The molecule has 3 rings (SSSR count). The maximum absolute atomic E-state index is 4.51. The van der Waals surface area contributed by atoms with E-state index >= 15 is 0 Å². The number of benzene rings is 1. The van der Waals surface area contributed by atoms with Crippen LogP contribution >= 0.6 is 23.1 Å². The van der Waals surface area contributed by atoms with Crippen LogP contribution in [-0.2, 0) is 5.75 Å². The van der Waals surface area contributed by atoms with E-state index in [0.717, 1.165) is 16.7 Å². The van der Waals surface area contributed by atoms with Crippen molar-refractivity contribution in [2.45, 2.75) is 57.5 Å². The quantitative estimate of drug-likeness (QED) is 0.476. The van der Waals surface area contributed by atoms with Gasteiger partial charge in [0.1, 0.15) is 0 Å². The van der Waals surface area contributed by atoms with Crippen molar-refractivity contribution in [3.05, 3.63) is 51.7 Å². The molecule has 5 heteroatoms. The molecule has 3 aromatic rings. The SMILES string of the molecule is Cc1cccc(CSc2nnc(-c3csc(C(C)C)c3)n2C(C)C)c1. The third-order valence-corrected chi connectivity index (χ3v) is 6.33. The summed E-state index contributed by atoms with van der Waals surface area (Å²) in [6.45, 7) is 11.0. The van der Waals surface area contributed by atoms with E-state index in [-0.39, 0.29) is 0 Å².